The molecule has 8 heteroatoms. The smallest absolute Gasteiger partial charge is 0.253 e. The van der Waals surface area contributed by atoms with Crippen LogP contribution in [0.5, 0.6) is 0 Å². The van der Waals surface area contributed by atoms with Gasteiger partial charge in [-0.1, -0.05) is 13.3 Å². The van der Waals surface area contributed by atoms with Crippen LogP contribution in [0.2, 0.25) is 0 Å². The summed E-state index contributed by atoms with van der Waals surface area (Å²) >= 11 is 1.50. The van der Waals surface area contributed by atoms with E-state index in [1.165, 1.54) is 11.3 Å². The van der Waals surface area contributed by atoms with Crippen LogP contribution in [0.25, 0.3) is 22.1 Å². The number of aromatic nitrogens is 4. The fourth-order valence-electron chi connectivity index (χ4n) is 3.24. The normalized spacial score (nSPS) is 11.0. The molecule has 0 fully saturated rings. The first-order chi connectivity index (χ1) is 14.7. The van der Waals surface area contributed by atoms with Gasteiger partial charge in [0.1, 0.15) is 16.5 Å². The summed E-state index contributed by atoms with van der Waals surface area (Å²) in [5, 5.41) is 5.78. The predicted molar refractivity (Wildman–Crippen MR) is 116 cm³/mol. The Morgan fingerprint density at radius 1 is 1.30 bits per heavy atom. The van der Waals surface area contributed by atoms with E-state index in [9.17, 15) is 4.79 Å². The van der Waals surface area contributed by atoms with Gasteiger partial charge in [0.15, 0.2) is 0 Å². The maximum absolute atomic E-state index is 12.8. The number of unbranched alkanes of at least 4 members (excludes halogenated alkanes) is 1. The molecule has 0 spiro atoms. The lowest BCUT2D eigenvalue weighted by Gasteiger charge is -2.09. The number of carbonyl (C=O) groups is 1. The first-order valence-electron chi connectivity index (χ1n) is 9.90. The second-order valence-electron chi connectivity index (χ2n) is 6.93. The number of hydrogen-bond donors (Lipinski definition) is 1. The van der Waals surface area contributed by atoms with E-state index < -0.39 is 0 Å². The minimum atomic E-state index is -0.0650. The van der Waals surface area contributed by atoms with Crippen molar-refractivity contribution < 1.29 is 9.21 Å². The van der Waals surface area contributed by atoms with Crippen LogP contribution >= 0.6 is 11.3 Å². The Kier molecular flexibility index (Phi) is 6.04. The maximum atomic E-state index is 12.8. The number of hydrogen-bond acceptors (Lipinski definition) is 6. The van der Waals surface area contributed by atoms with Gasteiger partial charge < -0.3 is 14.3 Å². The standard InChI is InChI=1S/C22H23N5O2S/c1-3-4-7-25-21(28)17-11-20(27(15(17)2)13-16-6-5-10-29-16)19-14-30-22(26-19)18-12-23-8-9-24-18/h5-6,8-12,14H,3-4,7,13H2,1-2H3,(H,25,28). The minimum Gasteiger partial charge on any atom is -0.467 e. The summed E-state index contributed by atoms with van der Waals surface area (Å²) in [6.07, 6.45) is 8.63. The van der Waals surface area contributed by atoms with Gasteiger partial charge >= 0.3 is 0 Å². The molecule has 1 amide bonds. The molecule has 0 aliphatic heterocycles. The van der Waals surface area contributed by atoms with Gasteiger partial charge in [-0.15, -0.1) is 11.3 Å². The van der Waals surface area contributed by atoms with Crippen molar-refractivity contribution in [2.24, 2.45) is 0 Å². The van der Waals surface area contributed by atoms with E-state index in [2.05, 4.69) is 26.8 Å². The summed E-state index contributed by atoms with van der Waals surface area (Å²) in [6, 6.07) is 5.70. The summed E-state index contributed by atoms with van der Waals surface area (Å²) in [6.45, 7) is 5.25. The zero-order chi connectivity index (χ0) is 20.9. The van der Waals surface area contributed by atoms with E-state index in [0.29, 0.717) is 18.7 Å². The fraction of sp³-hybridized carbons (Fsp3) is 0.273. The molecule has 0 aliphatic rings. The molecule has 0 bridgehead atoms. The van der Waals surface area contributed by atoms with Crippen LogP contribution in [0.3, 0.4) is 0 Å². The Hall–Kier alpha value is -3.26. The molecule has 1 N–H and O–H groups in total. The highest BCUT2D eigenvalue weighted by molar-refractivity contribution is 7.13. The summed E-state index contributed by atoms with van der Waals surface area (Å²) in [5.41, 5.74) is 3.93. The summed E-state index contributed by atoms with van der Waals surface area (Å²) in [5.74, 6) is 0.752. The fourth-order valence-corrected chi connectivity index (χ4v) is 4.02. The van der Waals surface area contributed by atoms with E-state index in [4.69, 9.17) is 9.40 Å². The van der Waals surface area contributed by atoms with Crippen LogP contribution in [0.4, 0.5) is 0 Å². The molecular weight excluding hydrogens is 398 g/mol. The second-order valence-corrected chi connectivity index (χ2v) is 7.79. The summed E-state index contributed by atoms with van der Waals surface area (Å²) in [4.78, 5) is 26.0. The van der Waals surface area contributed by atoms with Crippen LogP contribution in [0.15, 0.2) is 52.9 Å². The van der Waals surface area contributed by atoms with Crippen molar-refractivity contribution in [1.29, 1.82) is 0 Å². The third-order valence-electron chi connectivity index (χ3n) is 4.87. The van der Waals surface area contributed by atoms with Crippen molar-refractivity contribution in [3.63, 3.8) is 0 Å². The van der Waals surface area contributed by atoms with Gasteiger partial charge in [0.2, 0.25) is 0 Å². The lowest BCUT2D eigenvalue weighted by molar-refractivity contribution is 0.0952. The number of thiazole rings is 1. The molecule has 4 aromatic heterocycles. The largest absolute Gasteiger partial charge is 0.467 e. The van der Waals surface area contributed by atoms with E-state index in [1.54, 1.807) is 24.9 Å². The van der Waals surface area contributed by atoms with Crippen molar-refractivity contribution in [3.8, 4) is 22.1 Å². The molecule has 0 radical (unpaired) electrons. The summed E-state index contributed by atoms with van der Waals surface area (Å²) < 4.78 is 7.62. The number of nitrogens with one attached hydrogen (secondary N) is 1. The molecule has 0 saturated heterocycles. The lowest BCUT2D eigenvalue weighted by Crippen LogP contribution is -2.24. The Labute approximate surface area is 178 Å². The van der Waals surface area contributed by atoms with Gasteiger partial charge in [-0.3, -0.25) is 14.8 Å². The van der Waals surface area contributed by atoms with Crippen LogP contribution in [0, 0.1) is 6.92 Å². The highest BCUT2D eigenvalue weighted by atomic mass is 32.1. The monoisotopic (exact) mass is 421 g/mol. The van der Waals surface area contributed by atoms with Crippen LogP contribution in [-0.4, -0.2) is 32.0 Å². The molecule has 4 heterocycles. The van der Waals surface area contributed by atoms with Gasteiger partial charge in [-0.2, -0.15) is 0 Å². The zero-order valence-corrected chi connectivity index (χ0v) is 17.8. The van der Waals surface area contributed by atoms with E-state index >= 15 is 0 Å². The van der Waals surface area contributed by atoms with Crippen LogP contribution < -0.4 is 5.32 Å². The Morgan fingerprint density at radius 2 is 2.20 bits per heavy atom. The Bertz CT molecular complexity index is 1120. The first-order valence-corrected chi connectivity index (χ1v) is 10.8. The van der Waals surface area contributed by atoms with Gasteiger partial charge in [-0.05, 0) is 31.5 Å². The average Bonchev–Trinajstić information content (AvgIpc) is 3.51. The topological polar surface area (TPSA) is 85.8 Å². The molecule has 4 aromatic rings. The van der Waals surface area contributed by atoms with Gasteiger partial charge in [0, 0.05) is 30.0 Å². The second kappa shape index (κ2) is 9.04. The molecule has 7 nitrogen and oxygen atoms in total. The molecular formula is C22H23N5O2S. The zero-order valence-electron chi connectivity index (χ0n) is 17.0. The first kappa shape index (κ1) is 20.0. The number of rotatable bonds is 8. The van der Waals surface area contributed by atoms with E-state index in [0.717, 1.165) is 46.4 Å². The highest BCUT2D eigenvalue weighted by Gasteiger charge is 2.21. The van der Waals surface area contributed by atoms with Crippen LogP contribution in [-0.2, 0) is 6.54 Å². The molecule has 30 heavy (non-hydrogen) atoms. The van der Waals surface area contributed by atoms with Crippen molar-refractivity contribution in [2.45, 2.75) is 33.2 Å². The number of furan rings is 1. The molecule has 4 rings (SSSR count). The van der Waals surface area contributed by atoms with E-state index in [-0.39, 0.29) is 5.91 Å². The molecule has 0 atom stereocenters. The molecule has 0 aliphatic carbocycles. The van der Waals surface area contributed by atoms with E-state index in [1.807, 2.05) is 30.5 Å². The molecule has 0 saturated carbocycles. The lowest BCUT2D eigenvalue weighted by atomic mass is 10.2. The molecule has 0 unspecified atom stereocenters. The average molecular weight is 422 g/mol. The molecule has 154 valence electrons. The van der Waals surface area contributed by atoms with Gasteiger partial charge in [0.05, 0.1) is 36.0 Å². The van der Waals surface area contributed by atoms with Crippen molar-refractivity contribution in [2.75, 3.05) is 6.54 Å². The Balaban J connectivity index is 1.71. The summed E-state index contributed by atoms with van der Waals surface area (Å²) in [7, 11) is 0. The van der Waals surface area contributed by atoms with Gasteiger partial charge in [0.25, 0.3) is 5.91 Å². The van der Waals surface area contributed by atoms with Crippen molar-refractivity contribution in [3.05, 3.63) is 65.5 Å². The number of amides is 1. The molecule has 0 aromatic carbocycles. The third kappa shape index (κ3) is 4.18. The Morgan fingerprint density at radius 3 is 2.93 bits per heavy atom. The third-order valence-corrected chi connectivity index (χ3v) is 5.73. The quantitative estimate of drug-likeness (QED) is 0.422. The van der Waals surface area contributed by atoms with Crippen LogP contribution in [0.1, 0.15) is 41.6 Å². The maximum Gasteiger partial charge on any atom is 0.253 e. The minimum absolute atomic E-state index is 0.0650. The van der Waals surface area contributed by atoms with Crippen molar-refractivity contribution in [1.82, 2.24) is 24.8 Å². The van der Waals surface area contributed by atoms with Crippen molar-refractivity contribution >= 4 is 17.2 Å². The SMILES string of the molecule is CCCCNC(=O)c1cc(-c2csc(-c3cnccn3)n2)n(Cc2ccco2)c1C. The number of carbonyl (C=O) groups excluding carboxylic acids is 1. The highest BCUT2D eigenvalue weighted by Crippen LogP contribution is 2.31. The van der Waals surface area contributed by atoms with Gasteiger partial charge in [-0.25, -0.2) is 4.98 Å². The predicted octanol–water partition coefficient (Wildman–Crippen LogP) is 4.55. The number of nitrogens with zero attached hydrogens (tertiary/aromatic N) is 4.